The van der Waals surface area contributed by atoms with Crippen LogP contribution in [0.1, 0.15) is 12.8 Å². The van der Waals surface area contributed by atoms with Crippen LogP contribution in [0, 0.1) is 0 Å². The molecule has 0 heterocycles. The maximum absolute atomic E-state index is 11.9. The molecular formula is C15H17NO3. The van der Waals surface area contributed by atoms with Crippen molar-refractivity contribution in [1.29, 1.82) is 0 Å². The van der Waals surface area contributed by atoms with Gasteiger partial charge < -0.3 is 10.0 Å². The molecule has 1 amide bonds. The quantitative estimate of drug-likeness (QED) is 0.631. The van der Waals surface area contributed by atoms with Crippen molar-refractivity contribution in [1.82, 2.24) is 0 Å². The zero-order chi connectivity index (χ0) is 14.1. The Labute approximate surface area is 112 Å². The summed E-state index contributed by atoms with van der Waals surface area (Å²) in [6.45, 7) is 0. The highest BCUT2D eigenvalue weighted by molar-refractivity contribution is 5.92. The smallest absolute Gasteiger partial charge is 0.328 e. The number of hydrogen-bond acceptors (Lipinski definition) is 2. The first-order valence-electron chi connectivity index (χ1n) is 5.99. The van der Waals surface area contributed by atoms with E-state index in [0.717, 1.165) is 11.8 Å². The number of amides is 1. The Morgan fingerprint density at radius 1 is 1.21 bits per heavy atom. The van der Waals surface area contributed by atoms with Gasteiger partial charge in [-0.3, -0.25) is 4.79 Å². The molecule has 1 aromatic carbocycles. The van der Waals surface area contributed by atoms with E-state index in [1.165, 1.54) is 6.08 Å². The van der Waals surface area contributed by atoms with Gasteiger partial charge in [-0.05, 0) is 18.6 Å². The largest absolute Gasteiger partial charge is 0.478 e. The van der Waals surface area contributed by atoms with Gasteiger partial charge in [-0.15, -0.1) is 0 Å². The number of carboxylic acids is 1. The number of aliphatic carboxylic acids is 1. The second-order valence-electron chi connectivity index (χ2n) is 3.95. The van der Waals surface area contributed by atoms with Crippen molar-refractivity contribution in [2.75, 3.05) is 11.9 Å². The van der Waals surface area contributed by atoms with Gasteiger partial charge in [-0.25, -0.2) is 4.79 Å². The molecule has 0 spiro atoms. The highest BCUT2D eigenvalue weighted by Gasteiger charge is 2.08. The topological polar surface area (TPSA) is 57.6 Å². The molecule has 0 aromatic heterocycles. The lowest BCUT2D eigenvalue weighted by atomic mass is 10.2. The van der Waals surface area contributed by atoms with Crippen LogP contribution >= 0.6 is 0 Å². The number of carbonyl (C=O) groups excluding carboxylic acids is 1. The molecule has 0 atom stereocenters. The minimum absolute atomic E-state index is 0.0260. The van der Waals surface area contributed by atoms with Crippen LogP contribution in [-0.4, -0.2) is 24.0 Å². The number of nitrogens with zero attached hydrogens (tertiary/aromatic N) is 1. The van der Waals surface area contributed by atoms with Gasteiger partial charge in [0, 0.05) is 25.2 Å². The van der Waals surface area contributed by atoms with Crippen LogP contribution in [0.3, 0.4) is 0 Å². The molecule has 100 valence electrons. The van der Waals surface area contributed by atoms with E-state index < -0.39 is 5.97 Å². The molecule has 0 bridgehead atoms. The van der Waals surface area contributed by atoms with Crippen LogP contribution in [0.15, 0.2) is 54.6 Å². The van der Waals surface area contributed by atoms with Crippen molar-refractivity contribution in [3.63, 3.8) is 0 Å². The third kappa shape index (κ3) is 5.68. The number of rotatable bonds is 6. The summed E-state index contributed by atoms with van der Waals surface area (Å²) in [5.41, 5.74) is 0.863. The molecule has 4 heteroatoms. The molecule has 0 aliphatic rings. The van der Waals surface area contributed by atoms with Gasteiger partial charge in [0.15, 0.2) is 0 Å². The van der Waals surface area contributed by atoms with Crippen molar-refractivity contribution in [2.45, 2.75) is 12.8 Å². The normalized spacial score (nSPS) is 11.0. The van der Waals surface area contributed by atoms with E-state index in [4.69, 9.17) is 5.11 Å². The molecule has 1 rings (SSSR count). The summed E-state index contributed by atoms with van der Waals surface area (Å²) < 4.78 is 0. The summed E-state index contributed by atoms with van der Waals surface area (Å²) in [7, 11) is 1.74. The first-order chi connectivity index (χ1) is 9.11. The minimum atomic E-state index is -0.982. The van der Waals surface area contributed by atoms with Gasteiger partial charge in [0.1, 0.15) is 0 Å². The lowest BCUT2D eigenvalue weighted by Crippen LogP contribution is -2.25. The number of hydrogen-bond donors (Lipinski definition) is 1. The lowest BCUT2D eigenvalue weighted by Gasteiger charge is -2.16. The van der Waals surface area contributed by atoms with Crippen LogP contribution in [-0.2, 0) is 9.59 Å². The molecule has 0 aliphatic heterocycles. The summed E-state index contributed by atoms with van der Waals surface area (Å²) in [6.07, 6.45) is 6.87. The minimum Gasteiger partial charge on any atom is -0.478 e. The van der Waals surface area contributed by atoms with E-state index in [1.54, 1.807) is 24.1 Å². The van der Waals surface area contributed by atoms with Gasteiger partial charge in [-0.1, -0.05) is 36.4 Å². The number of carbonyl (C=O) groups is 2. The fourth-order valence-corrected chi connectivity index (χ4v) is 1.48. The van der Waals surface area contributed by atoms with E-state index in [-0.39, 0.29) is 5.91 Å². The molecule has 0 saturated heterocycles. The second-order valence-corrected chi connectivity index (χ2v) is 3.95. The van der Waals surface area contributed by atoms with E-state index in [1.807, 2.05) is 30.3 Å². The summed E-state index contributed by atoms with van der Waals surface area (Å²) in [5.74, 6) is -0.956. The van der Waals surface area contributed by atoms with E-state index in [2.05, 4.69) is 0 Å². The second kappa shape index (κ2) is 7.87. The van der Waals surface area contributed by atoms with Gasteiger partial charge in [0.05, 0.1) is 0 Å². The number of allylic oxidation sites excluding steroid dienone is 3. The molecule has 0 saturated carbocycles. The molecule has 0 radical (unpaired) electrons. The number of carboxylic acid groups (broad SMARTS) is 1. The Morgan fingerprint density at radius 2 is 1.89 bits per heavy atom. The van der Waals surface area contributed by atoms with Crippen LogP contribution in [0.5, 0.6) is 0 Å². The van der Waals surface area contributed by atoms with E-state index in [0.29, 0.717) is 12.8 Å². The van der Waals surface area contributed by atoms with Gasteiger partial charge in [0.25, 0.3) is 0 Å². The summed E-state index contributed by atoms with van der Waals surface area (Å²) >= 11 is 0. The van der Waals surface area contributed by atoms with Crippen LogP contribution in [0.4, 0.5) is 5.69 Å². The molecule has 19 heavy (non-hydrogen) atoms. The van der Waals surface area contributed by atoms with Crippen molar-refractivity contribution < 1.29 is 14.7 Å². The highest BCUT2D eigenvalue weighted by Crippen LogP contribution is 2.12. The monoisotopic (exact) mass is 259 g/mol. The molecule has 0 fully saturated rings. The SMILES string of the molecule is CN(C(=O)CCC=CC=CC(=O)O)c1ccccc1. The van der Waals surface area contributed by atoms with E-state index in [9.17, 15) is 9.59 Å². The van der Waals surface area contributed by atoms with Crippen molar-refractivity contribution in [3.05, 3.63) is 54.6 Å². The maximum atomic E-state index is 11.9. The summed E-state index contributed by atoms with van der Waals surface area (Å²) in [5, 5.41) is 8.38. The third-order valence-corrected chi connectivity index (χ3v) is 2.53. The predicted molar refractivity (Wildman–Crippen MR) is 75.0 cm³/mol. The van der Waals surface area contributed by atoms with Crippen LogP contribution < -0.4 is 4.90 Å². The summed E-state index contributed by atoms with van der Waals surface area (Å²) in [6, 6.07) is 9.43. The predicted octanol–water partition coefficient (Wildman–Crippen LogP) is 2.63. The zero-order valence-electron chi connectivity index (χ0n) is 10.8. The van der Waals surface area contributed by atoms with Crippen molar-refractivity contribution >= 4 is 17.6 Å². The Balaban J connectivity index is 2.38. The molecular weight excluding hydrogens is 242 g/mol. The Kier molecular flexibility index (Phi) is 6.09. The first-order valence-corrected chi connectivity index (χ1v) is 5.99. The van der Waals surface area contributed by atoms with Crippen LogP contribution in [0.25, 0.3) is 0 Å². The molecule has 0 unspecified atom stereocenters. The highest BCUT2D eigenvalue weighted by atomic mass is 16.4. The Hall–Kier alpha value is -2.36. The van der Waals surface area contributed by atoms with Gasteiger partial charge >= 0.3 is 5.97 Å². The number of anilines is 1. The molecule has 1 aromatic rings. The number of benzene rings is 1. The Morgan fingerprint density at radius 3 is 2.53 bits per heavy atom. The Bertz CT molecular complexity index is 477. The maximum Gasteiger partial charge on any atom is 0.328 e. The third-order valence-electron chi connectivity index (χ3n) is 2.53. The summed E-state index contributed by atoms with van der Waals surface area (Å²) in [4.78, 5) is 23.7. The van der Waals surface area contributed by atoms with Crippen molar-refractivity contribution in [2.24, 2.45) is 0 Å². The first kappa shape index (κ1) is 14.7. The fourth-order valence-electron chi connectivity index (χ4n) is 1.48. The van der Waals surface area contributed by atoms with Crippen molar-refractivity contribution in [3.8, 4) is 0 Å². The standard InChI is InChI=1S/C15H17NO3/c1-16(13-9-5-4-6-10-13)14(17)11-7-2-3-8-12-15(18)19/h2-6,8-10,12H,7,11H2,1H3,(H,18,19). The lowest BCUT2D eigenvalue weighted by molar-refractivity contribution is -0.131. The van der Waals surface area contributed by atoms with Crippen LogP contribution in [0.2, 0.25) is 0 Å². The van der Waals surface area contributed by atoms with E-state index >= 15 is 0 Å². The molecule has 4 nitrogen and oxygen atoms in total. The zero-order valence-corrected chi connectivity index (χ0v) is 10.8. The van der Waals surface area contributed by atoms with Gasteiger partial charge in [0.2, 0.25) is 5.91 Å². The van der Waals surface area contributed by atoms with Gasteiger partial charge in [-0.2, -0.15) is 0 Å². The fraction of sp³-hybridized carbons (Fsp3) is 0.200. The molecule has 1 N–H and O–H groups in total. The average molecular weight is 259 g/mol. The molecule has 0 aliphatic carbocycles. The average Bonchev–Trinajstić information content (AvgIpc) is 2.42. The number of para-hydroxylation sites is 1.